The van der Waals surface area contributed by atoms with E-state index in [4.69, 9.17) is 16.7 Å². The van der Waals surface area contributed by atoms with Crippen LogP contribution in [-0.2, 0) is 4.79 Å². The Morgan fingerprint density at radius 3 is 2.46 bits per heavy atom. The van der Waals surface area contributed by atoms with E-state index in [0.717, 1.165) is 0 Å². The lowest BCUT2D eigenvalue weighted by atomic mass is 9.93. The van der Waals surface area contributed by atoms with Crippen molar-refractivity contribution in [2.24, 2.45) is 22.0 Å². The van der Waals surface area contributed by atoms with E-state index in [-0.39, 0.29) is 18.3 Å². The zero-order chi connectivity index (χ0) is 10.5. The first-order valence-electron chi connectivity index (χ1n) is 3.87. The van der Waals surface area contributed by atoms with Crippen LogP contribution in [0.5, 0.6) is 0 Å². The molecule has 0 fully saturated rings. The van der Waals surface area contributed by atoms with Crippen LogP contribution in [0.2, 0.25) is 0 Å². The second-order valence-corrected chi connectivity index (χ2v) is 3.44. The molecule has 6 nitrogen and oxygen atoms in total. The summed E-state index contributed by atoms with van der Waals surface area (Å²) in [4.78, 5) is 10.8. The van der Waals surface area contributed by atoms with E-state index in [1.165, 1.54) is 0 Å². The summed E-state index contributed by atoms with van der Waals surface area (Å²) in [5, 5.41) is 13.8. The molecule has 0 bridgehead atoms. The molecule has 6 N–H and O–H groups in total. The van der Waals surface area contributed by atoms with Crippen LogP contribution in [0.3, 0.4) is 0 Å². The van der Waals surface area contributed by atoms with Gasteiger partial charge in [0.15, 0.2) is 5.84 Å². The summed E-state index contributed by atoms with van der Waals surface area (Å²) in [6.07, 6.45) is 0. The zero-order valence-electron chi connectivity index (χ0n) is 7.87. The van der Waals surface area contributed by atoms with Crippen LogP contribution in [0.1, 0.15) is 13.8 Å². The normalized spacial score (nSPS) is 12.9. The fourth-order valence-corrected chi connectivity index (χ4v) is 0.626. The molecule has 0 saturated carbocycles. The number of amides is 1. The van der Waals surface area contributed by atoms with Crippen LogP contribution in [0, 0.1) is 5.41 Å². The summed E-state index contributed by atoms with van der Waals surface area (Å²) in [7, 11) is 0. The summed E-state index contributed by atoms with van der Waals surface area (Å²) >= 11 is 0. The highest BCUT2D eigenvalue weighted by Crippen LogP contribution is 2.11. The van der Waals surface area contributed by atoms with Gasteiger partial charge >= 0.3 is 0 Å². The van der Waals surface area contributed by atoms with Crippen LogP contribution >= 0.6 is 0 Å². The van der Waals surface area contributed by atoms with Crippen molar-refractivity contribution in [1.82, 2.24) is 5.32 Å². The van der Waals surface area contributed by atoms with Crippen molar-refractivity contribution in [3.63, 3.8) is 0 Å². The second kappa shape index (κ2) is 4.66. The minimum absolute atomic E-state index is 0.0697. The number of primary amides is 1. The Labute approximate surface area is 77.0 Å². The summed E-state index contributed by atoms with van der Waals surface area (Å²) < 4.78 is 0. The number of carbonyl (C=O) groups is 1. The SMILES string of the molecule is CC(C)(CNCC(N)=NO)C(N)=O. The number of carbonyl (C=O) groups excluding carboxylic acids is 1. The maximum Gasteiger partial charge on any atom is 0.224 e. The Morgan fingerprint density at radius 1 is 1.54 bits per heavy atom. The fourth-order valence-electron chi connectivity index (χ4n) is 0.626. The lowest BCUT2D eigenvalue weighted by Crippen LogP contribution is -2.42. The molecule has 6 heteroatoms. The highest BCUT2D eigenvalue weighted by molar-refractivity contribution is 5.82. The number of hydrogen-bond donors (Lipinski definition) is 4. The molecule has 0 aromatic carbocycles. The van der Waals surface area contributed by atoms with Gasteiger partial charge in [0.25, 0.3) is 0 Å². The van der Waals surface area contributed by atoms with Gasteiger partial charge in [0, 0.05) is 6.54 Å². The molecule has 0 radical (unpaired) electrons. The highest BCUT2D eigenvalue weighted by Gasteiger charge is 2.23. The summed E-state index contributed by atoms with van der Waals surface area (Å²) in [5.41, 5.74) is 9.70. The number of hydrogen-bond acceptors (Lipinski definition) is 4. The maximum atomic E-state index is 10.8. The van der Waals surface area contributed by atoms with Gasteiger partial charge in [0.2, 0.25) is 5.91 Å². The third-order valence-corrected chi connectivity index (χ3v) is 1.67. The predicted molar refractivity (Wildman–Crippen MR) is 49.3 cm³/mol. The molecule has 0 aliphatic rings. The van der Waals surface area contributed by atoms with E-state index in [1.54, 1.807) is 13.8 Å². The molecule has 0 unspecified atom stereocenters. The smallest absolute Gasteiger partial charge is 0.224 e. The summed E-state index contributed by atoms with van der Waals surface area (Å²) in [5.74, 6) is -0.320. The molecule has 0 aliphatic heterocycles. The van der Waals surface area contributed by atoms with Crippen LogP contribution in [0.15, 0.2) is 5.16 Å². The number of nitrogens with one attached hydrogen (secondary N) is 1. The van der Waals surface area contributed by atoms with Crippen LogP contribution in [-0.4, -0.2) is 30.0 Å². The minimum atomic E-state index is -0.629. The lowest BCUT2D eigenvalue weighted by Gasteiger charge is -2.20. The van der Waals surface area contributed by atoms with E-state index in [0.29, 0.717) is 6.54 Å². The Bertz CT molecular complexity index is 213. The van der Waals surface area contributed by atoms with Crippen molar-refractivity contribution in [3.8, 4) is 0 Å². The number of rotatable bonds is 5. The first-order valence-corrected chi connectivity index (χ1v) is 3.87. The van der Waals surface area contributed by atoms with Crippen molar-refractivity contribution in [2.75, 3.05) is 13.1 Å². The van der Waals surface area contributed by atoms with E-state index >= 15 is 0 Å². The molecule has 0 aliphatic carbocycles. The molecule has 0 saturated heterocycles. The first kappa shape index (κ1) is 11.7. The van der Waals surface area contributed by atoms with Crippen molar-refractivity contribution >= 4 is 11.7 Å². The molecule has 0 aromatic rings. The number of oxime groups is 1. The van der Waals surface area contributed by atoms with Crippen LogP contribution in [0.4, 0.5) is 0 Å². The number of amidine groups is 1. The van der Waals surface area contributed by atoms with Gasteiger partial charge < -0.3 is 22.0 Å². The van der Waals surface area contributed by atoms with E-state index < -0.39 is 5.41 Å². The van der Waals surface area contributed by atoms with Crippen LogP contribution < -0.4 is 16.8 Å². The second-order valence-electron chi connectivity index (χ2n) is 3.44. The zero-order valence-corrected chi connectivity index (χ0v) is 7.87. The van der Waals surface area contributed by atoms with Gasteiger partial charge in [-0.2, -0.15) is 0 Å². The van der Waals surface area contributed by atoms with Crippen molar-refractivity contribution in [3.05, 3.63) is 0 Å². The van der Waals surface area contributed by atoms with Crippen molar-refractivity contribution < 1.29 is 10.0 Å². The Kier molecular flexibility index (Phi) is 4.19. The molecule has 13 heavy (non-hydrogen) atoms. The molecule has 0 heterocycles. The first-order chi connectivity index (χ1) is 5.90. The predicted octanol–water partition coefficient (Wildman–Crippen LogP) is -1.17. The average Bonchev–Trinajstić information content (AvgIpc) is 2.03. The third-order valence-electron chi connectivity index (χ3n) is 1.67. The lowest BCUT2D eigenvalue weighted by molar-refractivity contribution is -0.125. The van der Waals surface area contributed by atoms with Gasteiger partial charge in [-0.05, 0) is 13.8 Å². The molecule has 76 valence electrons. The van der Waals surface area contributed by atoms with Crippen molar-refractivity contribution in [1.29, 1.82) is 0 Å². The third kappa shape index (κ3) is 4.32. The van der Waals surface area contributed by atoms with Gasteiger partial charge in [0.05, 0.1) is 12.0 Å². The van der Waals surface area contributed by atoms with Gasteiger partial charge in [0.1, 0.15) is 0 Å². The molecule has 0 atom stereocenters. The van der Waals surface area contributed by atoms with Gasteiger partial charge in [-0.3, -0.25) is 4.79 Å². The summed E-state index contributed by atoms with van der Waals surface area (Å²) in [6.45, 7) is 4.05. The molecular weight excluding hydrogens is 172 g/mol. The van der Waals surface area contributed by atoms with Crippen molar-refractivity contribution in [2.45, 2.75) is 13.8 Å². The number of nitrogens with zero attached hydrogens (tertiary/aromatic N) is 1. The van der Waals surface area contributed by atoms with E-state index in [9.17, 15) is 4.79 Å². The molecule has 0 aromatic heterocycles. The molecule has 0 rings (SSSR count). The monoisotopic (exact) mass is 188 g/mol. The molecule has 1 amide bonds. The Balaban J connectivity index is 3.83. The maximum absolute atomic E-state index is 10.8. The standard InChI is InChI=1S/C7H16N4O2/c1-7(2,6(9)12)4-10-3-5(8)11-13/h10,13H,3-4H2,1-2H3,(H2,8,11)(H2,9,12). The Hall–Kier alpha value is -1.30. The van der Waals surface area contributed by atoms with Crippen LogP contribution in [0.25, 0.3) is 0 Å². The largest absolute Gasteiger partial charge is 0.409 e. The quantitative estimate of drug-likeness (QED) is 0.188. The topological polar surface area (TPSA) is 114 Å². The van der Waals surface area contributed by atoms with E-state index in [1.807, 2.05) is 0 Å². The number of nitrogens with two attached hydrogens (primary N) is 2. The van der Waals surface area contributed by atoms with Gasteiger partial charge in [-0.15, -0.1) is 0 Å². The molecular formula is C7H16N4O2. The minimum Gasteiger partial charge on any atom is -0.409 e. The van der Waals surface area contributed by atoms with Gasteiger partial charge in [-0.1, -0.05) is 5.16 Å². The highest BCUT2D eigenvalue weighted by atomic mass is 16.4. The Morgan fingerprint density at radius 2 is 2.08 bits per heavy atom. The molecule has 0 spiro atoms. The fraction of sp³-hybridized carbons (Fsp3) is 0.714. The van der Waals surface area contributed by atoms with E-state index in [2.05, 4.69) is 10.5 Å². The summed E-state index contributed by atoms with van der Waals surface area (Å²) in [6, 6.07) is 0. The van der Waals surface area contributed by atoms with Gasteiger partial charge in [-0.25, -0.2) is 0 Å². The average molecular weight is 188 g/mol.